The third-order valence-electron chi connectivity index (χ3n) is 4.78. The summed E-state index contributed by atoms with van der Waals surface area (Å²) in [6.45, 7) is 5.09. The SMILES string of the molecule is CC[C@@H](NC(C)CC(N)=O)c1ccc(Cl)c(C(=O)c2ccc([N+](=O)[O-])c(C)c2)c1F. The minimum Gasteiger partial charge on any atom is -0.370 e. The molecule has 7 nitrogen and oxygen atoms in total. The predicted molar refractivity (Wildman–Crippen MR) is 112 cm³/mol. The molecule has 0 radical (unpaired) electrons. The van der Waals surface area contributed by atoms with Gasteiger partial charge in [-0.05, 0) is 38.5 Å². The molecule has 160 valence electrons. The van der Waals surface area contributed by atoms with Crippen molar-refractivity contribution in [3.05, 3.63) is 73.5 Å². The van der Waals surface area contributed by atoms with Crippen LogP contribution in [0.1, 0.15) is 59.8 Å². The number of nitrogens with two attached hydrogens (primary N) is 1. The summed E-state index contributed by atoms with van der Waals surface area (Å²) in [6, 6.07) is 6.00. The van der Waals surface area contributed by atoms with Crippen molar-refractivity contribution in [3.8, 4) is 0 Å². The number of nitrogens with one attached hydrogen (secondary N) is 1. The van der Waals surface area contributed by atoms with E-state index in [0.29, 0.717) is 6.42 Å². The molecule has 0 aromatic heterocycles. The Kier molecular flexibility index (Phi) is 7.64. The molecule has 0 saturated carbocycles. The van der Waals surface area contributed by atoms with Crippen LogP contribution in [-0.4, -0.2) is 22.7 Å². The molecule has 9 heteroatoms. The zero-order chi connectivity index (χ0) is 22.6. The number of nitrogens with zero attached hydrogens (tertiary/aromatic N) is 1. The zero-order valence-corrected chi connectivity index (χ0v) is 17.6. The number of nitro benzene ring substituents is 1. The number of primary amides is 1. The van der Waals surface area contributed by atoms with Crippen LogP contribution in [0.2, 0.25) is 5.02 Å². The van der Waals surface area contributed by atoms with Gasteiger partial charge in [0.25, 0.3) is 5.69 Å². The van der Waals surface area contributed by atoms with Crippen LogP contribution in [0.4, 0.5) is 10.1 Å². The first-order valence-corrected chi connectivity index (χ1v) is 9.76. The lowest BCUT2D eigenvalue weighted by Gasteiger charge is -2.23. The van der Waals surface area contributed by atoms with Gasteiger partial charge in [0.05, 0.1) is 15.5 Å². The van der Waals surface area contributed by atoms with E-state index in [9.17, 15) is 19.7 Å². The molecule has 0 spiro atoms. The largest absolute Gasteiger partial charge is 0.370 e. The maximum Gasteiger partial charge on any atom is 0.272 e. The average Bonchev–Trinajstić information content (AvgIpc) is 2.65. The molecule has 1 unspecified atom stereocenters. The second kappa shape index (κ2) is 9.77. The summed E-state index contributed by atoms with van der Waals surface area (Å²) in [5.41, 5.74) is 5.39. The fraction of sp³-hybridized carbons (Fsp3) is 0.333. The number of rotatable bonds is 9. The van der Waals surface area contributed by atoms with E-state index in [1.165, 1.54) is 37.3 Å². The molecule has 0 bridgehead atoms. The molecule has 30 heavy (non-hydrogen) atoms. The van der Waals surface area contributed by atoms with Gasteiger partial charge in [-0.25, -0.2) is 4.39 Å². The highest BCUT2D eigenvalue weighted by Gasteiger charge is 2.25. The molecule has 3 N–H and O–H groups in total. The third-order valence-corrected chi connectivity index (χ3v) is 5.10. The molecule has 2 aromatic carbocycles. The fourth-order valence-corrected chi connectivity index (χ4v) is 3.56. The van der Waals surface area contributed by atoms with E-state index in [0.717, 1.165) is 0 Å². The number of carbonyl (C=O) groups excluding carboxylic acids is 2. The number of nitro groups is 1. The summed E-state index contributed by atoms with van der Waals surface area (Å²) < 4.78 is 15.4. The van der Waals surface area contributed by atoms with Crippen LogP contribution in [0, 0.1) is 22.9 Å². The zero-order valence-electron chi connectivity index (χ0n) is 16.9. The first kappa shape index (κ1) is 23.4. The van der Waals surface area contributed by atoms with E-state index in [2.05, 4.69) is 5.32 Å². The van der Waals surface area contributed by atoms with Crippen LogP contribution in [0.25, 0.3) is 0 Å². The Balaban J connectivity index is 2.44. The van der Waals surface area contributed by atoms with Gasteiger partial charge in [0.2, 0.25) is 5.91 Å². The molecule has 0 fully saturated rings. The third kappa shape index (κ3) is 5.20. The fourth-order valence-electron chi connectivity index (χ4n) is 3.32. The van der Waals surface area contributed by atoms with Gasteiger partial charge in [0.1, 0.15) is 5.82 Å². The summed E-state index contributed by atoms with van der Waals surface area (Å²) in [5.74, 6) is -1.92. The minimum atomic E-state index is -0.769. The standard InChI is InChI=1S/C21H23ClFN3O4/c1-4-16(25-12(3)10-18(24)27)14-6-7-15(22)19(20(14)23)21(28)13-5-8-17(26(29)30)11(2)9-13/h5-9,12,16,25H,4,10H2,1-3H3,(H2,24,27)/t12?,16-/m1/s1. The smallest absolute Gasteiger partial charge is 0.272 e. The van der Waals surface area contributed by atoms with Crippen LogP contribution in [0.15, 0.2) is 30.3 Å². The number of amides is 1. The number of hydrogen-bond donors (Lipinski definition) is 2. The van der Waals surface area contributed by atoms with Gasteiger partial charge in [-0.2, -0.15) is 0 Å². The van der Waals surface area contributed by atoms with E-state index >= 15 is 4.39 Å². The number of ketones is 1. The first-order valence-electron chi connectivity index (χ1n) is 9.38. The number of hydrogen-bond acceptors (Lipinski definition) is 5. The Morgan fingerprint density at radius 2 is 1.97 bits per heavy atom. The number of aryl methyl sites for hydroxylation is 1. The van der Waals surface area contributed by atoms with Crippen molar-refractivity contribution in [1.82, 2.24) is 5.32 Å². The second-order valence-electron chi connectivity index (χ2n) is 7.11. The van der Waals surface area contributed by atoms with Crippen LogP contribution in [0.5, 0.6) is 0 Å². The van der Waals surface area contributed by atoms with Gasteiger partial charge < -0.3 is 11.1 Å². The summed E-state index contributed by atoms with van der Waals surface area (Å²) in [6.07, 6.45) is 0.575. The van der Waals surface area contributed by atoms with E-state index in [-0.39, 0.29) is 45.4 Å². The van der Waals surface area contributed by atoms with Crippen LogP contribution >= 0.6 is 11.6 Å². The molecule has 0 aliphatic carbocycles. The second-order valence-corrected chi connectivity index (χ2v) is 7.52. The van der Waals surface area contributed by atoms with Crippen LogP contribution < -0.4 is 11.1 Å². The van der Waals surface area contributed by atoms with Gasteiger partial charge in [0.15, 0.2) is 5.78 Å². The topological polar surface area (TPSA) is 115 Å². The normalized spacial score (nSPS) is 13.0. The number of carbonyl (C=O) groups is 2. The Morgan fingerprint density at radius 3 is 2.50 bits per heavy atom. The molecule has 0 saturated heterocycles. The van der Waals surface area contributed by atoms with Crippen molar-refractivity contribution in [1.29, 1.82) is 0 Å². The predicted octanol–water partition coefficient (Wildman–Crippen LogP) is 4.23. The molecular weight excluding hydrogens is 413 g/mol. The van der Waals surface area contributed by atoms with Gasteiger partial charge >= 0.3 is 0 Å². The van der Waals surface area contributed by atoms with Gasteiger partial charge in [0, 0.05) is 41.3 Å². The Labute approximate surface area is 178 Å². The lowest BCUT2D eigenvalue weighted by Crippen LogP contribution is -2.34. The minimum absolute atomic E-state index is 0.0581. The molecule has 0 aliphatic rings. The van der Waals surface area contributed by atoms with Crippen molar-refractivity contribution in [3.63, 3.8) is 0 Å². The first-order chi connectivity index (χ1) is 14.1. The van der Waals surface area contributed by atoms with Crippen molar-refractivity contribution >= 4 is 29.0 Å². The summed E-state index contributed by atoms with van der Waals surface area (Å²) in [7, 11) is 0. The molecule has 0 heterocycles. The molecule has 0 aliphatic heterocycles. The average molecular weight is 436 g/mol. The molecular formula is C21H23ClFN3O4. The van der Waals surface area contributed by atoms with E-state index < -0.39 is 28.5 Å². The number of halogens is 2. The monoisotopic (exact) mass is 435 g/mol. The van der Waals surface area contributed by atoms with Crippen molar-refractivity contribution in [2.75, 3.05) is 0 Å². The molecule has 1 amide bonds. The summed E-state index contributed by atoms with van der Waals surface area (Å²) in [4.78, 5) is 34.5. The summed E-state index contributed by atoms with van der Waals surface area (Å²) in [5, 5.41) is 14.1. The Bertz CT molecular complexity index is 996. The van der Waals surface area contributed by atoms with Crippen molar-refractivity contribution < 1.29 is 18.9 Å². The van der Waals surface area contributed by atoms with Gasteiger partial charge in [-0.3, -0.25) is 19.7 Å². The lowest BCUT2D eigenvalue weighted by atomic mass is 9.95. The van der Waals surface area contributed by atoms with E-state index in [1.807, 2.05) is 6.92 Å². The lowest BCUT2D eigenvalue weighted by molar-refractivity contribution is -0.385. The van der Waals surface area contributed by atoms with Crippen LogP contribution in [-0.2, 0) is 4.79 Å². The highest BCUT2D eigenvalue weighted by Crippen LogP contribution is 2.31. The molecule has 2 rings (SSSR count). The Morgan fingerprint density at radius 1 is 1.30 bits per heavy atom. The van der Waals surface area contributed by atoms with Crippen LogP contribution in [0.3, 0.4) is 0 Å². The van der Waals surface area contributed by atoms with Crippen molar-refractivity contribution in [2.45, 2.75) is 45.7 Å². The maximum absolute atomic E-state index is 15.4. The van der Waals surface area contributed by atoms with E-state index in [4.69, 9.17) is 17.3 Å². The highest BCUT2D eigenvalue weighted by molar-refractivity contribution is 6.35. The van der Waals surface area contributed by atoms with Gasteiger partial charge in [-0.1, -0.05) is 24.6 Å². The summed E-state index contributed by atoms with van der Waals surface area (Å²) >= 11 is 6.14. The van der Waals surface area contributed by atoms with Crippen molar-refractivity contribution in [2.24, 2.45) is 5.73 Å². The number of benzene rings is 2. The quantitative estimate of drug-likeness (QED) is 0.347. The van der Waals surface area contributed by atoms with Gasteiger partial charge in [-0.15, -0.1) is 0 Å². The highest BCUT2D eigenvalue weighted by atomic mass is 35.5. The molecule has 2 aromatic rings. The molecule has 2 atom stereocenters. The van der Waals surface area contributed by atoms with E-state index in [1.54, 1.807) is 6.92 Å². The maximum atomic E-state index is 15.4. The Hall–Kier alpha value is -2.84.